The summed E-state index contributed by atoms with van der Waals surface area (Å²) in [5.41, 5.74) is 2.58. The summed E-state index contributed by atoms with van der Waals surface area (Å²) in [6.07, 6.45) is 5.11. The molecule has 166 valence electrons. The number of hydrogen-bond donors (Lipinski definition) is 2. The number of para-hydroxylation sites is 2. The van der Waals surface area contributed by atoms with Crippen molar-refractivity contribution in [1.82, 2.24) is 24.6 Å². The van der Waals surface area contributed by atoms with E-state index in [9.17, 15) is 9.59 Å². The third kappa shape index (κ3) is 4.10. The Hall–Kier alpha value is -3.97. The van der Waals surface area contributed by atoms with Crippen molar-refractivity contribution in [2.24, 2.45) is 0 Å². The molecule has 2 N–H and O–H groups in total. The van der Waals surface area contributed by atoms with E-state index in [1.54, 1.807) is 23.4 Å². The summed E-state index contributed by atoms with van der Waals surface area (Å²) < 4.78 is 1.96. The number of likely N-dealkylation sites (tertiary alicyclic amines) is 1. The van der Waals surface area contributed by atoms with Gasteiger partial charge in [-0.1, -0.05) is 12.1 Å². The normalized spacial score (nSPS) is 15.6. The molecule has 10 heteroatoms. The molecule has 0 unspecified atom stereocenters. The molecule has 1 saturated heterocycles. The van der Waals surface area contributed by atoms with Crippen LogP contribution in [0.25, 0.3) is 21.5 Å². The van der Waals surface area contributed by atoms with E-state index in [0.717, 1.165) is 34.3 Å². The molecule has 2 amide bonds. The lowest BCUT2D eigenvalue weighted by atomic mass is 10.2. The summed E-state index contributed by atoms with van der Waals surface area (Å²) in [7, 11) is 0. The third-order valence-corrected chi connectivity index (χ3v) is 6.95. The molecule has 1 fully saturated rings. The van der Waals surface area contributed by atoms with Crippen molar-refractivity contribution in [2.45, 2.75) is 31.8 Å². The Morgan fingerprint density at radius 3 is 2.97 bits per heavy atom. The molecule has 5 rings (SSSR count). The molecule has 4 aromatic rings. The second-order valence-corrected chi connectivity index (χ2v) is 8.94. The van der Waals surface area contributed by atoms with Crippen LogP contribution < -0.4 is 5.32 Å². The molecule has 0 bridgehead atoms. The summed E-state index contributed by atoms with van der Waals surface area (Å²) in [4.78, 5) is 33.4. The Morgan fingerprint density at radius 2 is 2.15 bits per heavy atom. The lowest BCUT2D eigenvalue weighted by Crippen LogP contribution is -2.38. The van der Waals surface area contributed by atoms with Gasteiger partial charge in [-0.15, -0.1) is 11.3 Å². The number of rotatable bonds is 6. The number of nitrogens with zero attached hydrogens (tertiary/aromatic N) is 5. The van der Waals surface area contributed by atoms with E-state index in [0.29, 0.717) is 23.9 Å². The molecule has 1 aliphatic rings. The molecule has 1 atom stereocenters. The molecule has 0 aliphatic carbocycles. The van der Waals surface area contributed by atoms with Crippen LogP contribution in [-0.2, 0) is 11.3 Å². The van der Waals surface area contributed by atoms with Gasteiger partial charge in [-0.05, 0) is 37.1 Å². The van der Waals surface area contributed by atoms with Crippen molar-refractivity contribution in [3.05, 3.63) is 53.7 Å². The lowest BCUT2D eigenvalue weighted by molar-refractivity contribution is -0.131. The maximum Gasteiger partial charge on any atom is 0.268 e. The van der Waals surface area contributed by atoms with Crippen LogP contribution in [0.2, 0.25) is 0 Å². The van der Waals surface area contributed by atoms with Gasteiger partial charge < -0.3 is 9.47 Å². The maximum absolute atomic E-state index is 13.0. The summed E-state index contributed by atoms with van der Waals surface area (Å²) in [5, 5.41) is 18.6. The summed E-state index contributed by atoms with van der Waals surface area (Å²) in [6.45, 7) is 1.14. The first kappa shape index (κ1) is 20.9. The highest BCUT2D eigenvalue weighted by Gasteiger charge is 2.30. The number of aromatic amines is 1. The minimum Gasteiger partial charge on any atom is -0.337 e. The quantitative estimate of drug-likeness (QED) is 0.456. The Kier molecular flexibility index (Phi) is 5.62. The monoisotopic (exact) mass is 459 g/mol. The van der Waals surface area contributed by atoms with Crippen LogP contribution in [0.1, 0.15) is 28.9 Å². The smallest absolute Gasteiger partial charge is 0.268 e. The largest absolute Gasteiger partial charge is 0.337 e. The first-order chi connectivity index (χ1) is 16.1. The predicted octanol–water partition coefficient (Wildman–Crippen LogP) is 3.64. The van der Waals surface area contributed by atoms with Gasteiger partial charge in [-0.25, -0.2) is 4.98 Å². The zero-order valence-electron chi connectivity index (χ0n) is 17.7. The number of thiophene rings is 1. The predicted molar refractivity (Wildman–Crippen MR) is 125 cm³/mol. The second-order valence-electron chi connectivity index (χ2n) is 7.86. The number of anilines is 1. The van der Waals surface area contributed by atoms with Crippen molar-refractivity contribution in [3.8, 4) is 16.5 Å². The Labute approximate surface area is 193 Å². The number of nitriles is 1. The van der Waals surface area contributed by atoms with Gasteiger partial charge in [0.15, 0.2) is 0 Å². The highest BCUT2D eigenvalue weighted by Crippen LogP contribution is 2.29. The van der Waals surface area contributed by atoms with Crippen molar-refractivity contribution in [1.29, 1.82) is 5.26 Å². The number of imidazole rings is 1. The molecule has 0 radical (unpaired) electrons. The average Bonchev–Trinajstić information content (AvgIpc) is 3.61. The second kappa shape index (κ2) is 8.88. The van der Waals surface area contributed by atoms with E-state index in [1.807, 2.05) is 41.0 Å². The fraction of sp³-hybridized carbons (Fsp3) is 0.261. The van der Waals surface area contributed by atoms with Crippen LogP contribution in [0.15, 0.2) is 48.8 Å². The van der Waals surface area contributed by atoms with E-state index in [4.69, 9.17) is 5.26 Å². The molecular weight excluding hydrogens is 438 g/mol. The average molecular weight is 460 g/mol. The van der Waals surface area contributed by atoms with Gasteiger partial charge in [0.1, 0.15) is 6.42 Å². The molecule has 4 heterocycles. The highest BCUT2D eigenvalue weighted by molar-refractivity contribution is 7.17. The molecular formula is C23H21N7O2S. The minimum absolute atomic E-state index is 0.0476. The van der Waals surface area contributed by atoms with Crippen molar-refractivity contribution in [3.63, 3.8) is 0 Å². The highest BCUT2D eigenvalue weighted by atomic mass is 32.1. The Bertz CT molecular complexity index is 1350. The van der Waals surface area contributed by atoms with Crippen molar-refractivity contribution < 1.29 is 9.59 Å². The number of nitrogens with one attached hydrogen (secondary N) is 2. The van der Waals surface area contributed by atoms with Crippen LogP contribution in [0.5, 0.6) is 0 Å². The molecule has 9 nitrogen and oxygen atoms in total. The third-order valence-electron chi connectivity index (χ3n) is 5.81. The van der Waals surface area contributed by atoms with E-state index in [2.05, 4.69) is 20.5 Å². The minimum atomic E-state index is -0.241. The summed E-state index contributed by atoms with van der Waals surface area (Å²) in [6, 6.07) is 13.3. The van der Waals surface area contributed by atoms with Crippen LogP contribution in [0.3, 0.4) is 0 Å². The van der Waals surface area contributed by atoms with Gasteiger partial charge in [0.05, 0.1) is 28.2 Å². The Morgan fingerprint density at radius 1 is 1.27 bits per heavy atom. The van der Waals surface area contributed by atoms with Crippen LogP contribution in [0, 0.1) is 11.3 Å². The van der Waals surface area contributed by atoms with Crippen LogP contribution >= 0.6 is 11.3 Å². The zero-order chi connectivity index (χ0) is 22.8. The first-order valence-electron chi connectivity index (χ1n) is 10.7. The van der Waals surface area contributed by atoms with E-state index in [1.165, 1.54) is 11.3 Å². The summed E-state index contributed by atoms with van der Waals surface area (Å²) >= 11 is 1.38. The topological polar surface area (TPSA) is 120 Å². The fourth-order valence-electron chi connectivity index (χ4n) is 4.25. The molecule has 0 spiro atoms. The molecule has 33 heavy (non-hydrogen) atoms. The van der Waals surface area contributed by atoms with Gasteiger partial charge in [0.2, 0.25) is 11.9 Å². The van der Waals surface area contributed by atoms with Crippen LogP contribution in [0.4, 0.5) is 5.95 Å². The van der Waals surface area contributed by atoms with E-state index < -0.39 is 0 Å². The number of hydrogen-bond acceptors (Lipinski definition) is 6. The van der Waals surface area contributed by atoms with Gasteiger partial charge in [-0.2, -0.15) is 10.4 Å². The van der Waals surface area contributed by atoms with E-state index >= 15 is 0 Å². The lowest BCUT2D eigenvalue weighted by Gasteiger charge is -2.25. The zero-order valence-corrected chi connectivity index (χ0v) is 18.5. The van der Waals surface area contributed by atoms with Crippen LogP contribution in [-0.4, -0.2) is 49.0 Å². The maximum atomic E-state index is 13.0. The number of benzene rings is 1. The van der Waals surface area contributed by atoms with Gasteiger partial charge >= 0.3 is 0 Å². The molecule has 1 aliphatic heterocycles. The first-order valence-corrected chi connectivity index (χ1v) is 11.5. The number of carbonyl (C=O) groups is 2. The number of amides is 2. The SMILES string of the molecule is N#CCC(=O)N1CCC[C@@H]1Cn1c(NC(=O)c2ccc(-c3cn[nH]c3)s2)nc2ccccc21. The van der Waals surface area contributed by atoms with Gasteiger partial charge in [0.25, 0.3) is 5.91 Å². The van der Waals surface area contributed by atoms with Gasteiger partial charge in [-0.3, -0.25) is 20.0 Å². The number of H-pyrrole nitrogens is 1. The van der Waals surface area contributed by atoms with Gasteiger partial charge in [0, 0.05) is 35.8 Å². The number of aromatic nitrogens is 4. The van der Waals surface area contributed by atoms with E-state index in [-0.39, 0.29) is 24.3 Å². The Balaban J connectivity index is 1.42. The van der Waals surface area contributed by atoms with Crippen molar-refractivity contribution in [2.75, 3.05) is 11.9 Å². The number of carbonyl (C=O) groups excluding carboxylic acids is 2. The summed E-state index contributed by atoms with van der Waals surface area (Å²) in [5.74, 6) is 0.0505. The molecule has 1 aromatic carbocycles. The van der Waals surface area contributed by atoms with Crippen molar-refractivity contribution >= 4 is 40.1 Å². The molecule has 3 aromatic heterocycles. The fourth-order valence-corrected chi connectivity index (χ4v) is 5.14. The molecule has 0 saturated carbocycles. The standard InChI is InChI=1S/C23H21N7O2S/c24-10-9-21(31)29-11-3-4-16(29)14-30-18-6-2-1-5-17(18)27-23(30)28-22(32)20-8-7-19(33-20)15-12-25-26-13-15/h1-2,5-8,12-13,16H,3-4,9,11,14H2,(H,25,26)(H,27,28,32)/t16-/m1/s1. The number of fused-ring (bicyclic) bond motifs is 1.